The molecular weight excluding hydrogens is 1000 g/mol. The SMILES string of the molecule is CC1(C)c2ccccc2-c2ccc(-c3ccc4c(c3)c3cc(-c5ccccc5)ccc3c3c(-c5ccc(N(c6ccccc6)c6ccccc6)cc5)cc(-c5ccccc5)c(-c5ccc(N(c6ccccc6)c6ccccc6)cc5)c43)cc21. The standard InChI is InChI=1S/C81H58N2/c1-81(2)76-36-22-21-35-68(76)69-48-41-61(53-77(69)81)60-43-50-71-75(52-60)74-51-59(55-23-9-3-10-24-55)42-49-70(74)79-73(57-37-44-66(45-38-57)82(62-27-13-5-14-28-62)63-29-15-6-16-30-63)54-72(56-25-11-4-12-26-56)78(80(71)79)58-39-46-67(47-40-58)83(64-31-17-7-18-32-64)65-33-19-8-20-34-65/h3-54H,1-2H3. The molecule has 2 nitrogen and oxygen atoms in total. The summed E-state index contributed by atoms with van der Waals surface area (Å²) in [7, 11) is 0. The lowest BCUT2D eigenvalue weighted by Gasteiger charge is -2.26. The summed E-state index contributed by atoms with van der Waals surface area (Å²) in [4.78, 5) is 4.68. The van der Waals surface area contributed by atoms with Crippen molar-refractivity contribution in [1.29, 1.82) is 0 Å². The van der Waals surface area contributed by atoms with Gasteiger partial charge in [0.15, 0.2) is 0 Å². The third-order valence-electron chi connectivity index (χ3n) is 17.2. The van der Waals surface area contributed by atoms with Crippen LogP contribution >= 0.6 is 0 Å². The summed E-state index contributed by atoms with van der Waals surface area (Å²) >= 11 is 0. The van der Waals surface area contributed by atoms with Crippen molar-refractivity contribution in [3.63, 3.8) is 0 Å². The van der Waals surface area contributed by atoms with Gasteiger partial charge in [0.1, 0.15) is 0 Å². The Balaban J connectivity index is 1.02. The zero-order valence-electron chi connectivity index (χ0n) is 46.4. The number of hydrogen-bond donors (Lipinski definition) is 0. The fourth-order valence-electron chi connectivity index (χ4n) is 13.2. The Labute approximate surface area is 486 Å². The van der Waals surface area contributed by atoms with Gasteiger partial charge in [0.25, 0.3) is 0 Å². The number of anilines is 6. The van der Waals surface area contributed by atoms with E-state index in [-0.39, 0.29) is 5.41 Å². The number of benzene rings is 14. The maximum atomic E-state index is 2.48. The molecular formula is C81H58N2. The molecule has 0 saturated heterocycles. The Bertz CT molecular complexity index is 4610. The molecule has 1 aliphatic rings. The average Bonchev–Trinajstić information content (AvgIpc) is 2.26. The summed E-state index contributed by atoms with van der Waals surface area (Å²) in [6.45, 7) is 4.75. The lowest BCUT2D eigenvalue weighted by Crippen LogP contribution is -2.14. The minimum Gasteiger partial charge on any atom is -0.311 e. The van der Waals surface area contributed by atoms with Gasteiger partial charge in [-0.2, -0.15) is 0 Å². The molecule has 392 valence electrons. The summed E-state index contributed by atoms with van der Waals surface area (Å²) in [6.07, 6.45) is 0. The predicted molar refractivity (Wildman–Crippen MR) is 353 cm³/mol. The van der Waals surface area contributed by atoms with Gasteiger partial charge in [0.2, 0.25) is 0 Å². The maximum absolute atomic E-state index is 2.48. The number of nitrogens with zero attached hydrogens (tertiary/aromatic N) is 2. The van der Waals surface area contributed by atoms with Gasteiger partial charge in [0.05, 0.1) is 0 Å². The molecule has 83 heavy (non-hydrogen) atoms. The van der Waals surface area contributed by atoms with Crippen molar-refractivity contribution in [3.05, 3.63) is 327 Å². The van der Waals surface area contributed by atoms with Crippen LogP contribution < -0.4 is 9.80 Å². The fourth-order valence-corrected chi connectivity index (χ4v) is 13.2. The van der Waals surface area contributed by atoms with E-state index in [4.69, 9.17) is 0 Å². The Hall–Kier alpha value is -10.5. The molecule has 0 aliphatic heterocycles. The second-order valence-electron chi connectivity index (χ2n) is 22.4. The second-order valence-corrected chi connectivity index (χ2v) is 22.4. The van der Waals surface area contributed by atoms with Crippen molar-refractivity contribution < 1.29 is 0 Å². The van der Waals surface area contributed by atoms with Crippen LogP contribution in [0.4, 0.5) is 34.1 Å². The van der Waals surface area contributed by atoms with E-state index >= 15 is 0 Å². The molecule has 0 bridgehead atoms. The third kappa shape index (κ3) is 8.67. The largest absolute Gasteiger partial charge is 0.311 e. The zero-order valence-corrected chi connectivity index (χ0v) is 46.4. The van der Waals surface area contributed by atoms with Crippen LogP contribution in [0.3, 0.4) is 0 Å². The van der Waals surface area contributed by atoms with Crippen molar-refractivity contribution in [1.82, 2.24) is 0 Å². The Morgan fingerprint density at radius 2 is 0.578 bits per heavy atom. The first-order valence-corrected chi connectivity index (χ1v) is 28.8. The Kier molecular flexibility index (Phi) is 12.2. The molecule has 0 spiro atoms. The van der Waals surface area contributed by atoms with E-state index in [0.29, 0.717) is 0 Å². The van der Waals surface area contributed by atoms with Crippen LogP contribution in [0.5, 0.6) is 0 Å². The van der Waals surface area contributed by atoms with E-state index in [9.17, 15) is 0 Å². The molecule has 15 rings (SSSR count). The molecule has 14 aromatic carbocycles. The van der Waals surface area contributed by atoms with Gasteiger partial charge in [-0.25, -0.2) is 0 Å². The van der Waals surface area contributed by atoms with E-state index < -0.39 is 0 Å². The van der Waals surface area contributed by atoms with Crippen molar-refractivity contribution >= 4 is 66.4 Å². The topological polar surface area (TPSA) is 6.48 Å². The van der Waals surface area contributed by atoms with Gasteiger partial charge in [-0.15, -0.1) is 0 Å². The second kappa shape index (κ2) is 20.5. The number of para-hydroxylation sites is 4. The average molecular weight is 1060 g/mol. The summed E-state index contributed by atoms with van der Waals surface area (Å²) in [5.74, 6) is 0. The Morgan fingerprint density at radius 1 is 0.217 bits per heavy atom. The first-order chi connectivity index (χ1) is 40.9. The molecule has 0 fully saturated rings. The molecule has 0 atom stereocenters. The van der Waals surface area contributed by atoms with Crippen LogP contribution in [0.25, 0.3) is 99.1 Å². The molecule has 0 heterocycles. The number of rotatable bonds is 11. The Morgan fingerprint density at radius 3 is 1.10 bits per heavy atom. The summed E-state index contributed by atoms with van der Waals surface area (Å²) < 4.78 is 0. The highest BCUT2D eigenvalue weighted by Crippen LogP contribution is 2.53. The lowest BCUT2D eigenvalue weighted by molar-refractivity contribution is 0.660. The van der Waals surface area contributed by atoms with Gasteiger partial charge in [-0.1, -0.05) is 232 Å². The summed E-state index contributed by atoms with van der Waals surface area (Å²) in [5.41, 5.74) is 23.7. The van der Waals surface area contributed by atoms with Gasteiger partial charge in [0, 0.05) is 39.5 Å². The first kappa shape index (κ1) is 49.5. The van der Waals surface area contributed by atoms with Gasteiger partial charge in [-0.3, -0.25) is 0 Å². The van der Waals surface area contributed by atoms with Gasteiger partial charge < -0.3 is 9.80 Å². The highest BCUT2D eigenvalue weighted by atomic mass is 15.1. The maximum Gasteiger partial charge on any atom is 0.0462 e. The zero-order chi connectivity index (χ0) is 55.4. The summed E-state index contributed by atoms with van der Waals surface area (Å²) in [6, 6.07) is 116. The van der Waals surface area contributed by atoms with Crippen LogP contribution in [0.2, 0.25) is 0 Å². The minimum atomic E-state index is -0.125. The molecule has 1 aliphatic carbocycles. The molecule has 0 radical (unpaired) electrons. The van der Waals surface area contributed by atoms with E-state index in [1.165, 1.54) is 93.5 Å². The van der Waals surface area contributed by atoms with E-state index in [1.807, 2.05) is 0 Å². The van der Waals surface area contributed by atoms with Gasteiger partial charge >= 0.3 is 0 Å². The van der Waals surface area contributed by atoms with Crippen LogP contribution in [0, 0.1) is 0 Å². The number of hydrogen-bond acceptors (Lipinski definition) is 2. The highest BCUT2D eigenvalue weighted by Gasteiger charge is 2.35. The summed E-state index contributed by atoms with van der Waals surface area (Å²) in [5, 5.41) is 7.30. The number of fused-ring (bicyclic) bond motifs is 9. The van der Waals surface area contributed by atoms with Crippen LogP contribution in [0.15, 0.2) is 315 Å². The van der Waals surface area contributed by atoms with Crippen LogP contribution in [-0.4, -0.2) is 0 Å². The van der Waals surface area contributed by atoms with Crippen molar-refractivity contribution in [2.24, 2.45) is 0 Å². The van der Waals surface area contributed by atoms with Crippen LogP contribution in [-0.2, 0) is 5.41 Å². The molecule has 0 aromatic heterocycles. The predicted octanol–water partition coefficient (Wildman–Crippen LogP) is 22.7. The molecule has 0 unspecified atom stereocenters. The molecule has 0 amide bonds. The third-order valence-corrected chi connectivity index (χ3v) is 17.2. The molecule has 0 saturated carbocycles. The fraction of sp³-hybridized carbons (Fsp3) is 0.0370. The van der Waals surface area contributed by atoms with Crippen molar-refractivity contribution in [2.75, 3.05) is 9.80 Å². The first-order valence-electron chi connectivity index (χ1n) is 28.8. The van der Waals surface area contributed by atoms with E-state index in [0.717, 1.165) is 50.8 Å². The van der Waals surface area contributed by atoms with Crippen molar-refractivity contribution in [2.45, 2.75) is 19.3 Å². The highest BCUT2D eigenvalue weighted by molar-refractivity contribution is 6.33. The normalized spacial score (nSPS) is 12.3. The quantitative estimate of drug-likeness (QED) is 0.119. The van der Waals surface area contributed by atoms with E-state index in [2.05, 4.69) is 339 Å². The van der Waals surface area contributed by atoms with Crippen molar-refractivity contribution in [3.8, 4) is 66.8 Å². The monoisotopic (exact) mass is 1060 g/mol. The smallest absolute Gasteiger partial charge is 0.0462 e. The lowest BCUT2D eigenvalue weighted by atomic mass is 9.80. The molecule has 2 heteroatoms. The molecule has 0 N–H and O–H groups in total. The molecule has 14 aromatic rings. The minimum absolute atomic E-state index is 0.125. The van der Waals surface area contributed by atoms with E-state index in [1.54, 1.807) is 0 Å². The van der Waals surface area contributed by atoms with Crippen LogP contribution in [0.1, 0.15) is 25.0 Å². The van der Waals surface area contributed by atoms with Gasteiger partial charge in [-0.05, 0) is 207 Å².